The van der Waals surface area contributed by atoms with E-state index in [4.69, 9.17) is 16.3 Å². The molecular formula is C20H26ClN5O3. The summed E-state index contributed by atoms with van der Waals surface area (Å²) in [4.78, 5) is 34.1. The molecule has 0 aliphatic carbocycles. The first-order valence-corrected chi connectivity index (χ1v) is 9.91. The van der Waals surface area contributed by atoms with Crippen molar-refractivity contribution in [2.75, 3.05) is 13.7 Å². The minimum absolute atomic E-state index is 0.243. The number of nitrogens with zero attached hydrogens (tertiary/aromatic N) is 3. The summed E-state index contributed by atoms with van der Waals surface area (Å²) < 4.78 is 7.63. The summed E-state index contributed by atoms with van der Waals surface area (Å²) in [6.45, 7) is 7.19. The number of likely N-dealkylation sites (N-methyl/N-ethyl adjacent to an activating group) is 1. The van der Waals surface area contributed by atoms with Crippen molar-refractivity contribution in [2.45, 2.75) is 46.4 Å². The maximum absolute atomic E-state index is 13.2. The van der Waals surface area contributed by atoms with E-state index in [1.54, 1.807) is 25.5 Å². The van der Waals surface area contributed by atoms with Gasteiger partial charge in [-0.05, 0) is 17.9 Å². The molecule has 156 valence electrons. The van der Waals surface area contributed by atoms with E-state index in [2.05, 4.69) is 20.6 Å². The lowest BCUT2D eigenvalue weighted by molar-refractivity contribution is -0.124. The second-order valence-corrected chi connectivity index (χ2v) is 8.44. The van der Waals surface area contributed by atoms with Crippen molar-refractivity contribution in [3.8, 4) is 11.4 Å². The van der Waals surface area contributed by atoms with Crippen molar-refractivity contribution in [3.05, 3.63) is 34.9 Å². The topological polar surface area (TPSA) is 98.1 Å². The summed E-state index contributed by atoms with van der Waals surface area (Å²) >= 11 is 6.33. The van der Waals surface area contributed by atoms with E-state index in [1.165, 1.54) is 0 Å². The summed E-state index contributed by atoms with van der Waals surface area (Å²) in [5.74, 6) is -0.0840. The number of carbonyl (C=O) groups excluding carboxylic acids is 2. The maximum Gasteiger partial charge on any atom is 0.272 e. The third kappa shape index (κ3) is 4.43. The number of aromatic nitrogens is 3. The van der Waals surface area contributed by atoms with Gasteiger partial charge in [0.05, 0.1) is 17.3 Å². The molecule has 3 rings (SSSR count). The fourth-order valence-electron chi connectivity index (χ4n) is 3.33. The first-order valence-electron chi connectivity index (χ1n) is 9.53. The predicted molar refractivity (Wildman–Crippen MR) is 110 cm³/mol. The molecule has 2 aromatic heterocycles. The molecule has 8 nitrogen and oxygen atoms in total. The third-order valence-electron chi connectivity index (χ3n) is 4.86. The molecule has 2 aromatic rings. The normalized spacial score (nSPS) is 15.2. The molecule has 1 atom stereocenters. The summed E-state index contributed by atoms with van der Waals surface area (Å²) in [7, 11) is 1.55. The average Bonchev–Trinajstić information content (AvgIpc) is 2.85. The van der Waals surface area contributed by atoms with E-state index in [1.807, 2.05) is 25.3 Å². The number of ether oxygens (including phenoxy) is 1. The van der Waals surface area contributed by atoms with Crippen LogP contribution in [0, 0.1) is 5.41 Å². The fraction of sp³-hybridized carbons (Fsp3) is 0.500. The number of amides is 2. The standard InChI is InChI=1S/C20H26ClN5O3/c1-20(2,3)16(19(28)22-4)25-18(27)15-14-11-29-9-5-8-26(14)17(24-15)12-6-7-23-10-13(12)21/h6-7,10,16H,5,8-9,11H2,1-4H3,(H,22,28)(H,25,27)/t16-/m1/s1. The summed E-state index contributed by atoms with van der Waals surface area (Å²) in [6, 6.07) is 1.06. The van der Waals surface area contributed by atoms with Gasteiger partial charge < -0.3 is 19.9 Å². The Labute approximate surface area is 175 Å². The van der Waals surface area contributed by atoms with Crippen LogP contribution in [0.4, 0.5) is 0 Å². The number of fused-ring (bicyclic) bond motifs is 1. The number of halogens is 1. The van der Waals surface area contributed by atoms with Crippen molar-refractivity contribution in [1.82, 2.24) is 25.2 Å². The number of carbonyl (C=O) groups is 2. The second-order valence-electron chi connectivity index (χ2n) is 8.03. The molecule has 0 radical (unpaired) electrons. The number of nitrogens with one attached hydrogen (secondary N) is 2. The molecule has 1 aliphatic heterocycles. The van der Waals surface area contributed by atoms with Gasteiger partial charge in [-0.2, -0.15) is 0 Å². The van der Waals surface area contributed by atoms with Crippen LogP contribution in [0.3, 0.4) is 0 Å². The molecule has 3 heterocycles. The zero-order valence-electron chi connectivity index (χ0n) is 17.1. The van der Waals surface area contributed by atoms with Crippen molar-refractivity contribution in [2.24, 2.45) is 5.41 Å². The van der Waals surface area contributed by atoms with Gasteiger partial charge in [-0.15, -0.1) is 0 Å². The van der Waals surface area contributed by atoms with Crippen molar-refractivity contribution >= 4 is 23.4 Å². The van der Waals surface area contributed by atoms with Gasteiger partial charge in [0.15, 0.2) is 5.69 Å². The van der Waals surface area contributed by atoms with Gasteiger partial charge in [0.1, 0.15) is 11.9 Å². The van der Waals surface area contributed by atoms with Crippen LogP contribution in [0.1, 0.15) is 43.4 Å². The van der Waals surface area contributed by atoms with Crippen molar-refractivity contribution in [1.29, 1.82) is 0 Å². The zero-order valence-corrected chi connectivity index (χ0v) is 17.8. The number of pyridine rings is 1. The second kappa shape index (κ2) is 8.51. The Balaban J connectivity index is 2.04. The smallest absolute Gasteiger partial charge is 0.272 e. The molecule has 29 heavy (non-hydrogen) atoms. The van der Waals surface area contributed by atoms with E-state index in [0.29, 0.717) is 35.3 Å². The molecule has 0 unspecified atom stereocenters. The lowest BCUT2D eigenvalue weighted by Crippen LogP contribution is -2.53. The van der Waals surface area contributed by atoms with Crippen LogP contribution in [0.25, 0.3) is 11.4 Å². The van der Waals surface area contributed by atoms with Crippen LogP contribution in [0.15, 0.2) is 18.5 Å². The van der Waals surface area contributed by atoms with E-state index < -0.39 is 17.4 Å². The highest BCUT2D eigenvalue weighted by Crippen LogP contribution is 2.30. The van der Waals surface area contributed by atoms with E-state index in [9.17, 15) is 9.59 Å². The Kier molecular flexibility index (Phi) is 6.24. The molecule has 0 saturated heterocycles. The summed E-state index contributed by atoms with van der Waals surface area (Å²) in [5.41, 5.74) is 1.14. The zero-order chi connectivity index (χ0) is 21.2. The fourth-order valence-corrected chi connectivity index (χ4v) is 3.53. The van der Waals surface area contributed by atoms with Crippen LogP contribution < -0.4 is 10.6 Å². The number of hydrogen-bond acceptors (Lipinski definition) is 5. The lowest BCUT2D eigenvalue weighted by atomic mass is 9.86. The van der Waals surface area contributed by atoms with Crippen LogP contribution in [0.5, 0.6) is 0 Å². The Hall–Kier alpha value is -2.45. The molecule has 1 aliphatic rings. The first-order chi connectivity index (χ1) is 13.7. The quantitative estimate of drug-likeness (QED) is 0.792. The van der Waals surface area contributed by atoms with E-state index in [0.717, 1.165) is 6.42 Å². The highest BCUT2D eigenvalue weighted by molar-refractivity contribution is 6.33. The monoisotopic (exact) mass is 419 g/mol. The Morgan fingerprint density at radius 1 is 1.34 bits per heavy atom. The molecule has 0 saturated carbocycles. The number of rotatable bonds is 4. The van der Waals surface area contributed by atoms with Crippen molar-refractivity contribution in [3.63, 3.8) is 0 Å². The highest BCUT2D eigenvalue weighted by atomic mass is 35.5. The Bertz CT molecular complexity index is 919. The molecule has 0 spiro atoms. The van der Waals surface area contributed by atoms with Crippen LogP contribution in [-0.2, 0) is 22.7 Å². The predicted octanol–water partition coefficient (Wildman–Crippen LogP) is 2.41. The molecule has 2 N–H and O–H groups in total. The van der Waals surface area contributed by atoms with Gasteiger partial charge in [-0.25, -0.2) is 4.98 Å². The molecule has 0 bridgehead atoms. The molecular weight excluding hydrogens is 394 g/mol. The minimum atomic E-state index is -0.711. The molecule has 9 heteroatoms. The SMILES string of the molecule is CNC(=O)[C@@H](NC(=O)c1nc(-c2ccncc2Cl)n2c1COCCC2)C(C)(C)C. The lowest BCUT2D eigenvalue weighted by Gasteiger charge is -2.29. The third-order valence-corrected chi connectivity index (χ3v) is 5.16. The van der Waals surface area contributed by atoms with Gasteiger partial charge in [0.25, 0.3) is 5.91 Å². The van der Waals surface area contributed by atoms with E-state index >= 15 is 0 Å². The molecule has 0 aromatic carbocycles. The molecule has 2 amide bonds. The van der Waals surface area contributed by atoms with Gasteiger partial charge in [0, 0.05) is 38.2 Å². The summed E-state index contributed by atoms with van der Waals surface area (Å²) in [5, 5.41) is 5.91. The Morgan fingerprint density at radius 3 is 2.76 bits per heavy atom. The van der Waals surface area contributed by atoms with Crippen molar-refractivity contribution < 1.29 is 14.3 Å². The van der Waals surface area contributed by atoms with E-state index in [-0.39, 0.29) is 18.2 Å². The maximum atomic E-state index is 13.2. The minimum Gasteiger partial charge on any atom is -0.375 e. The highest BCUT2D eigenvalue weighted by Gasteiger charge is 2.34. The number of imidazole rings is 1. The van der Waals surface area contributed by atoms with Crippen LogP contribution in [-0.4, -0.2) is 46.0 Å². The van der Waals surface area contributed by atoms with Gasteiger partial charge in [-0.3, -0.25) is 14.6 Å². The van der Waals surface area contributed by atoms with Gasteiger partial charge >= 0.3 is 0 Å². The van der Waals surface area contributed by atoms with Crippen LogP contribution >= 0.6 is 11.6 Å². The van der Waals surface area contributed by atoms with Crippen LogP contribution in [0.2, 0.25) is 5.02 Å². The molecule has 0 fully saturated rings. The number of hydrogen-bond donors (Lipinski definition) is 2. The van der Waals surface area contributed by atoms with Gasteiger partial charge in [0.2, 0.25) is 5.91 Å². The van der Waals surface area contributed by atoms with Gasteiger partial charge in [-0.1, -0.05) is 32.4 Å². The first kappa shape index (κ1) is 21.3. The average molecular weight is 420 g/mol. The summed E-state index contributed by atoms with van der Waals surface area (Å²) in [6.07, 6.45) is 3.98. The largest absolute Gasteiger partial charge is 0.375 e. The Morgan fingerprint density at radius 2 is 2.10 bits per heavy atom.